The summed E-state index contributed by atoms with van der Waals surface area (Å²) in [5.74, 6) is -0.373. The zero-order valence-electron chi connectivity index (χ0n) is 26.7. The van der Waals surface area contributed by atoms with Gasteiger partial charge in [-0.05, 0) is 81.9 Å². The number of hydrogen-bond donors (Lipinski definition) is 1. The molecule has 0 aliphatic carbocycles. The highest BCUT2D eigenvalue weighted by molar-refractivity contribution is 5.93. The first kappa shape index (κ1) is 33.4. The minimum atomic E-state index is -0.673. The molecule has 0 fully saturated rings. The number of fused-ring (bicyclic) bond motifs is 1. The number of nitrogens with one attached hydrogen (secondary N) is 1. The van der Waals surface area contributed by atoms with Crippen LogP contribution in [0.5, 0.6) is 0 Å². The molecule has 0 saturated carbocycles. The third-order valence-electron chi connectivity index (χ3n) is 7.25. The van der Waals surface area contributed by atoms with Gasteiger partial charge < -0.3 is 19.9 Å². The lowest BCUT2D eigenvalue weighted by Gasteiger charge is -2.31. The second-order valence-electron chi connectivity index (χ2n) is 12.8. The molecular weight excluding hydrogens is 538 g/mol. The zero-order chi connectivity index (χ0) is 31.6. The Bertz CT molecular complexity index is 1410. The molecule has 3 rings (SSSR count). The molecule has 3 aromatic carbocycles. The van der Waals surface area contributed by atoms with Gasteiger partial charge in [0, 0.05) is 32.6 Å². The first-order chi connectivity index (χ1) is 20.2. The normalized spacial score (nSPS) is 12.6. The quantitative estimate of drug-likeness (QED) is 0.245. The Labute approximate surface area is 256 Å². The van der Waals surface area contributed by atoms with E-state index in [-0.39, 0.29) is 11.8 Å². The number of likely N-dealkylation sites (N-methyl/N-ethyl adjacent to an activating group) is 2. The van der Waals surface area contributed by atoms with Crippen LogP contribution in [-0.4, -0.2) is 65.5 Å². The van der Waals surface area contributed by atoms with Crippen molar-refractivity contribution in [2.24, 2.45) is 0 Å². The Morgan fingerprint density at radius 2 is 1.51 bits per heavy atom. The van der Waals surface area contributed by atoms with Gasteiger partial charge in [0.1, 0.15) is 11.6 Å². The first-order valence-electron chi connectivity index (χ1n) is 15.0. The van der Waals surface area contributed by atoms with E-state index in [0.29, 0.717) is 19.4 Å². The summed E-state index contributed by atoms with van der Waals surface area (Å²) in [7, 11) is 3.48. The molecule has 0 aliphatic rings. The van der Waals surface area contributed by atoms with Gasteiger partial charge in [-0.25, -0.2) is 4.79 Å². The second kappa shape index (κ2) is 14.9. The van der Waals surface area contributed by atoms with Crippen molar-refractivity contribution in [3.05, 3.63) is 96.1 Å². The SMILES string of the molecule is CN(CCCc1ccccc1)C(=O)C(Cc1ccc2ccccc2c1)N(C)C(=O)/C=C/CC(C)(C)NC(=O)OC(C)(C)C. The van der Waals surface area contributed by atoms with Gasteiger partial charge in [-0.1, -0.05) is 78.9 Å². The molecule has 0 aliphatic heterocycles. The number of ether oxygens (including phenoxy) is 1. The monoisotopic (exact) mass is 585 g/mol. The predicted molar refractivity (Wildman–Crippen MR) is 174 cm³/mol. The van der Waals surface area contributed by atoms with Crippen molar-refractivity contribution in [2.45, 2.75) is 77.5 Å². The average Bonchev–Trinajstić information content (AvgIpc) is 2.94. The maximum atomic E-state index is 13.8. The summed E-state index contributed by atoms with van der Waals surface area (Å²) < 4.78 is 5.36. The van der Waals surface area contributed by atoms with E-state index in [4.69, 9.17) is 4.74 Å². The Hall–Kier alpha value is -4.13. The molecule has 1 atom stereocenters. The van der Waals surface area contributed by atoms with Crippen LogP contribution < -0.4 is 5.32 Å². The molecule has 7 nitrogen and oxygen atoms in total. The standard InChI is InChI=1S/C36H47N3O4/c1-35(2,3)43-34(42)37-36(4,5)23-13-20-32(40)39(7)31(26-28-21-22-29-18-11-12-19-30(29)25-28)33(41)38(6)24-14-17-27-15-9-8-10-16-27/h8-13,15-16,18-22,25,31H,14,17,23-24,26H2,1-7H3,(H,37,42)/b20-13+. The maximum Gasteiger partial charge on any atom is 0.408 e. The van der Waals surface area contributed by atoms with Crippen LogP contribution in [0, 0.1) is 0 Å². The predicted octanol–water partition coefficient (Wildman–Crippen LogP) is 6.55. The molecular formula is C36H47N3O4. The molecule has 3 amide bonds. The first-order valence-corrected chi connectivity index (χ1v) is 15.0. The van der Waals surface area contributed by atoms with Crippen LogP contribution in [0.25, 0.3) is 10.8 Å². The number of nitrogens with zero attached hydrogens (tertiary/aromatic N) is 2. The molecule has 1 unspecified atom stereocenters. The minimum absolute atomic E-state index is 0.0996. The third-order valence-corrected chi connectivity index (χ3v) is 7.25. The van der Waals surface area contributed by atoms with E-state index in [1.54, 1.807) is 25.1 Å². The summed E-state index contributed by atoms with van der Waals surface area (Å²) >= 11 is 0. The highest BCUT2D eigenvalue weighted by atomic mass is 16.6. The number of carbonyl (C=O) groups is 3. The summed E-state index contributed by atoms with van der Waals surface area (Å²) in [6.45, 7) is 9.75. The lowest BCUT2D eigenvalue weighted by molar-refractivity contribution is -0.141. The lowest BCUT2D eigenvalue weighted by atomic mass is 9.99. The lowest BCUT2D eigenvalue weighted by Crippen LogP contribution is -2.49. The Kier molecular flexibility index (Phi) is 11.5. The van der Waals surface area contributed by atoms with Gasteiger partial charge in [0.2, 0.25) is 11.8 Å². The van der Waals surface area contributed by atoms with Crippen LogP contribution in [0.2, 0.25) is 0 Å². The number of benzene rings is 3. The van der Waals surface area contributed by atoms with Crippen LogP contribution in [0.1, 0.15) is 58.6 Å². The largest absolute Gasteiger partial charge is 0.444 e. The molecule has 0 bridgehead atoms. The third kappa shape index (κ3) is 10.9. The van der Waals surface area contributed by atoms with Crippen molar-refractivity contribution in [1.82, 2.24) is 15.1 Å². The molecule has 0 spiro atoms. The van der Waals surface area contributed by atoms with Crippen molar-refractivity contribution >= 4 is 28.7 Å². The van der Waals surface area contributed by atoms with Crippen LogP contribution >= 0.6 is 0 Å². The number of carbonyl (C=O) groups excluding carboxylic acids is 3. The summed E-state index contributed by atoms with van der Waals surface area (Å²) in [6, 6.07) is 23.8. The van der Waals surface area contributed by atoms with Gasteiger partial charge in [-0.2, -0.15) is 0 Å². The summed E-state index contributed by atoms with van der Waals surface area (Å²) in [5, 5.41) is 5.07. The van der Waals surface area contributed by atoms with Gasteiger partial charge >= 0.3 is 6.09 Å². The molecule has 0 radical (unpaired) electrons. The van der Waals surface area contributed by atoms with Crippen LogP contribution in [-0.2, 0) is 27.2 Å². The molecule has 230 valence electrons. The topological polar surface area (TPSA) is 79.0 Å². The Morgan fingerprint density at radius 3 is 2.19 bits per heavy atom. The van der Waals surface area contributed by atoms with Crippen molar-refractivity contribution in [3.63, 3.8) is 0 Å². The van der Waals surface area contributed by atoms with E-state index in [0.717, 1.165) is 29.2 Å². The van der Waals surface area contributed by atoms with Gasteiger partial charge in [-0.15, -0.1) is 0 Å². The smallest absolute Gasteiger partial charge is 0.408 e. The van der Waals surface area contributed by atoms with E-state index in [1.165, 1.54) is 16.5 Å². The van der Waals surface area contributed by atoms with E-state index < -0.39 is 23.3 Å². The van der Waals surface area contributed by atoms with E-state index >= 15 is 0 Å². The van der Waals surface area contributed by atoms with Crippen molar-refractivity contribution in [3.8, 4) is 0 Å². The minimum Gasteiger partial charge on any atom is -0.444 e. The fourth-order valence-corrected chi connectivity index (χ4v) is 4.87. The molecule has 43 heavy (non-hydrogen) atoms. The maximum absolute atomic E-state index is 13.8. The zero-order valence-corrected chi connectivity index (χ0v) is 26.7. The Morgan fingerprint density at radius 1 is 0.860 bits per heavy atom. The summed E-state index contributed by atoms with van der Waals surface area (Å²) in [6.07, 6.45) is 5.21. The molecule has 0 heterocycles. The van der Waals surface area contributed by atoms with Crippen molar-refractivity contribution < 1.29 is 19.1 Å². The van der Waals surface area contributed by atoms with Crippen LogP contribution in [0.4, 0.5) is 4.79 Å². The summed E-state index contributed by atoms with van der Waals surface area (Å²) in [5.41, 5.74) is 0.992. The van der Waals surface area contributed by atoms with Gasteiger partial charge in [0.05, 0.1) is 0 Å². The van der Waals surface area contributed by atoms with Gasteiger partial charge in [-0.3, -0.25) is 9.59 Å². The van der Waals surface area contributed by atoms with E-state index in [9.17, 15) is 14.4 Å². The van der Waals surface area contributed by atoms with Crippen molar-refractivity contribution in [2.75, 3.05) is 20.6 Å². The number of alkyl carbamates (subject to hydrolysis) is 1. The number of hydrogen-bond acceptors (Lipinski definition) is 4. The van der Waals surface area contributed by atoms with Gasteiger partial charge in [0.15, 0.2) is 0 Å². The van der Waals surface area contributed by atoms with E-state index in [1.807, 2.05) is 71.0 Å². The van der Waals surface area contributed by atoms with E-state index in [2.05, 4.69) is 41.7 Å². The highest BCUT2D eigenvalue weighted by Crippen LogP contribution is 2.19. The molecule has 0 saturated heterocycles. The van der Waals surface area contributed by atoms with Crippen LogP contribution in [0.3, 0.4) is 0 Å². The molecule has 7 heteroatoms. The number of amides is 3. The molecule has 0 aromatic heterocycles. The summed E-state index contributed by atoms with van der Waals surface area (Å²) in [4.78, 5) is 42.7. The van der Waals surface area contributed by atoms with Gasteiger partial charge in [0.25, 0.3) is 0 Å². The molecule has 1 N–H and O–H groups in total. The van der Waals surface area contributed by atoms with Crippen LogP contribution in [0.15, 0.2) is 84.9 Å². The Balaban J connectivity index is 1.72. The second-order valence-corrected chi connectivity index (χ2v) is 12.8. The fourth-order valence-electron chi connectivity index (χ4n) is 4.87. The number of rotatable bonds is 12. The van der Waals surface area contributed by atoms with Crippen molar-refractivity contribution in [1.29, 1.82) is 0 Å². The average molecular weight is 586 g/mol. The molecule has 3 aromatic rings. The fraction of sp³-hybridized carbons (Fsp3) is 0.417. The highest BCUT2D eigenvalue weighted by Gasteiger charge is 2.29. The number of aryl methyl sites for hydroxylation is 1.